The minimum absolute atomic E-state index is 0.0682. The van der Waals surface area contributed by atoms with E-state index in [0.29, 0.717) is 6.54 Å². The van der Waals surface area contributed by atoms with Crippen LogP contribution in [0.5, 0.6) is 0 Å². The van der Waals surface area contributed by atoms with E-state index in [-0.39, 0.29) is 5.91 Å². The summed E-state index contributed by atoms with van der Waals surface area (Å²) in [7, 11) is 3.79. The summed E-state index contributed by atoms with van der Waals surface area (Å²) in [5.74, 6) is 0.0682. The lowest BCUT2D eigenvalue weighted by molar-refractivity contribution is -0.121. The number of rotatable bonds is 3. The summed E-state index contributed by atoms with van der Waals surface area (Å²) < 4.78 is 0. The fourth-order valence-electron chi connectivity index (χ4n) is 1.58. The molecule has 3 heteroatoms. The third-order valence-electron chi connectivity index (χ3n) is 2.59. The van der Waals surface area contributed by atoms with Gasteiger partial charge in [0.1, 0.15) is 0 Å². The summed E-state index contributed by atoms with van der Waals surface area (Å²) in [5, 5.41) is 2.95. The topological polar surface area (TPSA) is 32.3 Å². The van der Waals surface area contributed by atoms with Gasteiger partial charge in [-0.25, -0.2) is 0 Å². The van der Waals surface area contributed by atoms with Crippen molar-refractivity contribution < 1.29 is 4.79 Å². The largest absolute Gasteiger partial charge is 0.329 e. The Hall–Kier alpha value is -1.09. The number of nitrogens with zero attached hydrogens (tertiary/aromatic N) is 1. The minimum atomic E-state index is 0.0682. The maximum atomic E-state index is 11.5. The second-order valence-electron chi connectivity index (χ2n) is 4.42. The SMILES string of the molecule is CC1=C(C)CCC(NC(=O)CN(C)C)=C1. The lowest BCUT2D eigenvalue weighted by Crippen LogP contribution is -2.33. The number of nitrogens with one attached hydrogen (secondary N) is 1. The van der Waals surface area contributed by atoms with Crippen LogP contribution >= 0.6 is 0 Å². The van der Waals surface area contributed by atoms with Gasteiger partial charge in [0.15, 0.2) is 0 Å². The Kier molecular flexibility index (Phi) is 4.09. The van der Waals surface area contributed by atoms with E-state index >= 15 is 0 Å². The lowest BCUT2D eigenvalue weighted by Gasteiger charge is -2.17. The van der Waals surface area contributed by atoms with Gasteiger partial charge in [-0.05, 0) is 46.9 Å². The third-order valence-corrected chi connectivity index (χ3v) is 2.59. The van der Waals surface area contributed by atoms with Crippen molar-refractivity contribution in [2.75, 3.05) is 20.6 Å². The zero-order chi connectivity index (χ0) is 11.4. The first-order valence-electron chi connectivity index (χ1n) is 5.30. The maximum Gasteiger partial charge on any atom is 0.238 e. The fourth-order valence-corrected chi connectivity index (χ4v) is 1.58. The van der Waals surface area contributed by atoms with Crippen molar-refractivity contribution in [2.45, 2.75) is 26.7 Å². The van der Waals surface area contributed by atoms with Gasteiger partial charge in [0.05, 0.1) is 6.54 Å². The Morgan fingerprint density at radius 3 is 2.60 bits per heavy atom. The molecule has 0 spiro atoms. The van der Waals surface area contributed by atoms with Crippen molar-refractivity contribution in [1.82, 2.24) is 10.2 Å². The summed E-state index contributed by atoms with van der Waals surface area (Å²) in [6.07, 6.45) is 4.08. The second-order valence-corrected chi connectivity index (χ2v) is 4.42. The molecule has 0 aromatic heterocycles. The van der Waals surface area contributed by atoms with Crippen molar-refractivity contribution >= 4 is 5.91 Å². The van der Waals surface area contributed by atoms with Crippen LogP contribution in [0.4, 0.5) is 0 Å². The molecule has 0 heterocycles. The average molecular weight is 208 g/mol. The molecule has 1 N–H and O–H groups in total. The van der Waals surface area contributed by atoms with E-state index in [4.69, 9.17) is 0 Å². The number of amides is 1. The average Bonchev–Trinajstić information content (AvgIpc) is 2.10. The van der Waals surface area contributed by atoms with E-state index in [1.54, 1.807) is 0 Å². The second kappa shape index (κ2) is 5.12. The quantitative estimate of drug-likeness (QED) is 0.765. The van der Waals surface area contributed by atoms with Crippen molar-refractivity contribution in [1.29, 1.82) is 0 Å². The third kappa shape index (κ3) is 3.88. The van der Waals surface area contributed by atoms with Gasteiger partial charge in [0.25, 0.3) is 0 Å². The van der Waals surface area contributed by atoms with Gasteiger partial charge in [-0.2, -0.15) is 0 Å². The molecule has 1 aliphatic carbocycles. The highest BCUT2D eigenvalue weighted by molar-refractivity contribution is 5.79. The molecule has 15 heavy (non-hydrogen) atoms. The molecule has 1 rings (SSSR count). The summed E-state index contributed by atoms with van der Waals surface area (Å²) in [6, 6.07) is 0. The van der Waals surface area contributed by atoms with Gasteiger partial charge in [-0.1, -0.05) is 11.1 Å². The molecule has 1 aliphatic rings. The van der Waals surface area contributed by atoms with Crippen LogP contribution in [0.25, 0.3) is 0 Å². The fraction of sp³-hybridized carbons (Fsp3) is 0.583. The van der Waals surface area contributed by atoms with Crippen molar-refractivity contribution in [3.63, 3.8) is 0 Å². The molecule has 0 bridgehead atoms. The van der Waals surface area contributed by atoms with Crippen LogP contribution in [0, 0.1) is 0 Å². The summed E-state index contributed by atoms with van der Waals surface area (Å²) in [6.45, 7) is 4.68. The van der Waals surface area contributed by atoms with Crippen molar-refractivity contribution in [3.8, 4) is 0 Å². The zero-order valence-electron chi connectivity index (χ0n) is 10.1. The molecule has 3 nitrogen and oxygen atoms in total. The van der Waals surface area contributed by atoms with Gasteiger partial charge in [0, 0.05) is 5.70 Å². The highest BCUT2D eigenvalue weighted by atomic mass is 16.2. The number of allylic oxidation sites excluding steroid dienone is 4. The van der Waals surface area contributed by atoms with Crippen LogP contribution in [0.2, 0.25) is 0 Å². The van der Waals surface area contributed by atoms with Crippen LogP contribution in [-0.2, 0) is 4.79 Å². The Balaban J connectivity index is 2.53. The van der Waals surface area contributed by atoms with Gasteiger partial charge < -0.3 is 10.2 Å². The number of likely N-dealkylation sites (N-methyl/N-ethyl adjacent to an activating group) is 1. The van der Waals surface area contributed by atoms with Crippen LogP contribution in [-0.4, -0.2) is 31.4 Å². The van der Waals surface area contributed by atoms with Gasteiger partial charge in [-0.15, -0.1) is 0 Å². The molecule has 0 fully saturated rings. The van der Waals surface area contributed by atoms with E-state index in [0.717, 1.165) is 18.5 Å². The lowest BCUT2D eigenvalue weighted by atomic mass is 9.98. The van der Waals surface area contributed by atoms with Crippen LogP contribution < -0.4 is 5.32 Å². The van der Waals surface area contributed by atoms with E-state index < -0.39 is 0 Å². The van der Waals surface area contributed by atoms with E-state index in [2.05, 4.69) is 25.2 Å². The first kappa shape index (κ1) is 12.0. The number of carbonyl (C=O) groups is 1. The molecule has 0 aromatic rings. The van der Waals surface area contributed by atoms with Crippen molar-refractivity contribution in [3.05, 3.63) is 22.9 Å². The Morgan fingerprint density at radius 2 is 2.07 bits per heavy atom. The van der Waals surface area contributed by atoms with E-state index in [1.165, 1.54) is 11.1 Å². The van der Waals surface area contributed by atoms with Crippen LogP contribution in [0.3, 0.4) is 0 Å². The predicted molar refractivity (Wildman–Crippen MR) is 62.4 cm³/mol. The summed E-state index contributed by atoms with van der Waals surface area (Å²) in [5.41, 5.74) is 3.74. The predicted octanol–water partition coefficient (Wildman–Crippen LogP) is 1.68. The highest BCUT2D eigenvalue weighted by Gasteiger charge is 2.10. The molecule has 0 unspecified atom stereocenters. The number of hydrogen-bond acceptors (Lipinski definition) is 2. The van der Waals surface area contributed by atoms with Gasteiger partial charge in [0.2, 0.25) is 5.91 Å². The minimum Gasteiger partial charge on any atom is -0.329 e. The molecule has 1 amide bonds. The maximum absolute atomic E-state index is 11.5. The normalized spacial score (nSPS) is 16.7. The van der Waals surface area contributed by atoms with Gasteiger partial charge in [-0.3, -0.25) is 4.79 Å². The van der Waals surface area contributed by atoms with Crippen molar-refractivity contribution in [2.24, 2.45) is 0 Å². The molecular formula is C12H20N2O. The molecule has 0 radical (unpaired) electrons. The molecule has 0 aromatic carbocycles. The molecule has 0 saturated carbocycles. The Labute approximate surface area is 91.8 Å². The van der Waals surface area contributed by atoms with Crippen LogP contribution in [0.15, 0.2) is 22.9 Å². The number of hydrogen-bond donors (Lipinski definition) is 1. The first-order valence-corrected chi connectivity index (χ1v) is 5.30. The smallest absolute Gasteiger partial charge is 0.238 e. The molecular weight excluding hydrogens is 188 g/mol. The number of carbonyl (C=O) groups excluding carboxylic acids is 1. The summed E-state index contributed by atoms with van der Waals surface area (Å²) >= 11 is 0. The highest BCUT2D eigenvalue weighted by Crippen LogP contribution is 2.21. The molecule has 0 aliphatic heterocycles. The van der Waals surface area contributed by atoms with E-state index in [1.807, 2.05) is 19.0 Å². The summed E-state index contributed by atoms with van der Waals surface area (Å²) in [4.78, 5) is 13.4. The first-order chi connectivity index (χ1) is 6.99. The molecule has 0 saturated heterocycles. The van der Waals surface area contributed by atoms with Crippen LogP contribution in [0.1, 0.15) is 26.7 Å². The monoisotopic (exact) mass is 208 g/mol. The molecule has 84 valence electrons. The standard InChI is InChI=1S/C12H20N2O/c1-9-5-6-11(7-10(9)2)13-12(15)8-14(3)4/h7H,5-6,8H2,1-4H3,(H,13,15). The molecule has 0 atom stereocenters. The Bertz CT molecular complexity index is 314. The van der Waals surface area contributed by atoms with E-state index in [9.17, 15) is 4.79 Å². The zero-order valence-corrected chi connectivity index (χ0v) is 10.1. The Morgan fingerprint density at radius 1 is 1.40 bits per heavy atom. The van der Waals surface area contributed by atoms with Gasteiger partial charge >= 0.3 is 0 Å².